The summed E-state index contributed by atoms with van der Waals surface area (Å²) in [5.41, 5.74) is 1.16. The molecule has 0 saturated carbocycles. The number of benzene rings is 1. The highest BCUT2D eigenvalue weighted by molar-refractivity contribution is 6.42. The van der Waals surface area contributed by atoms with Gasteiger partial charge in [0.25, 0.3) is 0 Å². The molecule has 0 atom stereocenters. The standard InChI is InChI=1S/C12H17Cl2N/c1-12(2,7-8-15-3)9-5-4-6-10(13)11(9)14/h4-6,15H,7-8H2,1-3H3. The Labute approximate surface area is 102 Å². The molecule has 3 heteroatoms. The van der Waals surface area contributed by atoms with Gasteiger partial charge in [-0.3, -0.25) is 0 Å². The van der Waals surface area contributed by atoms with E-state index in [0.29, 0.717) is 10.0 Å². The van der Waals surface area contributed by atoms with E-state index in [4.69, 9.17) is 23.2 Å². The molecule has 0 aliphatic rings. The molecular weight excluding hydrogens is 229 g/mol. The van der Waals surface area contributed by atoms with Crippen LogP contribution >= 0.6 is 23.2 Å². The lowest BCUT2D eigenvalue weighted by atomic mass is 9.81. The Morgan fingerprint density at radius 2 is 1.93 bits per heavy atom. The second-order valence-corrected chi connectivity index (χ2v) is 5.12. The summed E-state index contributed by atoms with van der Waals surface area (Å²) in [6.45, 7) is 5.33. The first kappa shape index (κ1) is 12.8. The van der Waals surface area contributed by atoms with E-state index in [9.17, 15) is 0 Å². The lowest BCUT2D eigenvalue weighted by Crippen LogP contribution is -2.23. The average Bonchev–Trinajstić information content (AvgIpc) is 2.19. The van der Waals surface area contributed by atoms with Crippen molar-refractivity contribution in [3.63, 3.8) is 0 Å². The molecule has 0 aliphatic heterocycles. The van der Waals surface area contributed by atoms with Crippen LogP contribution in [0.15, 0.2) is 18.2 Å². The maximum Gasteiger partial charge on any atom is 0.0629 e. The van der Waals surface area contributed by atoms with Gasteiger partial charge in [-0.05, 0) is 37.1 Å². The first-order valence-electron chi connectivity index (χ1n) is 5.08. The summed E-state index contributed by atoms with van der Waals surface area (Å²) < 4.78 is 0. The van der Waals surface area contributed by atoms with Gasteiger partial charge in [-0.1, -0.05) is 49.2 Å². The van der Waals surface area contributed by atoms with Gasteiger partial charge in [0.1, 0.15) is 0 Å². The fraction of sp³-hybridized carbons (Fsp3) is 0.500. The molecule has 1 rings (SSSR count). The number of nitrogens with one attached hydrogen (secondary N) is 1. The van der Waals surface area contributed by atoms with Gasteiger partial charge in [0.15, 0.2) is 0 Å². The molecule has 0 amide bonds. The second kappa shape index (κ2) is 5.20. The van der Waals surface area contributed by atoms with E-state index in [1.54, 1.807) is 0 Å². The Bertz CT molecular complexity index is 334. The third kappa shape index (κ3) is 3.10. The Hall–Kier alpha value is -0.240. The molecule has 0 saturated heterocycles. The van der Waals surface area contributed by atoms with Gasteiger partial charge >= 0.3 is 0 Å². The largest absolute Gasteiger partial charge is 0.320 e. The van der Waals surface area contributed by atoms with E-state index in [-0.39, 0.29) is 5.41 Å². The van der Waals surface area contributed by atoms with Crippen molar-refractivity contribution in [1.29, 1.82) is 0 Å². The van der Waals surface area contributed by atoms with E-state index < -0.39 is 0 Å². The summed E-state index contributed by atoms with van der Waals surface area (Å²) in [6.07, 6.45) is 1.03. The van der Waals surface area contributed by atoms with E-state index in [0.717, 1.165) is 18.5 Å². The van der Waals surface area contributed by atoms with Gasteiger partial charge < -0.3 is 5.32 Å². The summed E-state index contributed by atoms with van der Waals surface area (Å²) in [4.78, 5) is 0. The molecule has 1 aromatic rings. The van der Waals surface area contributed by atoms with Crippen molar-refractivity contribution in [3.05, 3.63) is 33.8 Å². The van der Waals surface area contributed by atoms with Gasteiger partial charge in [-0.25, -0.2) is 0 Å². The highest BCUT2D eigenvalue weighted by Gasteiger charge is 2.23. The Kier molecular flexibility index (Phi) is 4.45. The van der Waals surface area contributed by atoms with Gasteiger partial charge in [-0.2, -0.15) is 0 Å². The summed E-state index contributed by atoms with van der Waals surface area (Å²) in [6, 6.07) is 5.82. The summed E-state index contributed by atoms with van der Waals surface area (Å²) >= 11 is 12.2. The third-order valence-electron chi connectivity index (χ3n) is 2.68. The van der Waals surface area contributed by atoms with E-state index >= 15 is 0 Å². The monoisotopic (exact) mass is 245 g/mol. The zero-order valence-electron chi connectivity index (χ0n) is 9.40. The van der Waals surface area contributed by atoms with Crippen LogP contribution in [-0.2, 0) is 5.41 Å². The number of hydrogen-bond donors (Lipinski definition) is 1. The van der Waals surface area contributed by atoms with Crippen LogP contribution in [0.5, 0.6) is 0 Å². The van der Waals surface area contributed by atoms with Crippen molar-refractivity contribution < 1.29 is 0 Å². The first-order valence-corrected chi connectivity index (χ1v) is 5.84. The van der Waals surface area contributed by atoms with Gasteiger partial charge in [0, 0.05) is 0 Å². The zero-order chi connectivity index (χ0) is 11.5. The molecule has 0 heterocycles. The zero-order valence-corrected chi connectivity index (χ0v) is 10.9. The molecule has 0 spiro atoms. The van der Waals surface area contributed by atoms with Gasteiger partial charge in [0.2, 0.25) is 0 Å². The summed E-state index contributed by atoms with van der Waals surface area (Å²) in [5, 5.41) is 4.46. The third-order valence-corrected chi connectivity index (χ3v) is 3.50. The van der Waals surface area contributed by atoms with Crippen molar-refractivity contribution in [2.75, 3.05) is 13.6 Å². The molecule has 15 heavy (non-hydrogen) atoms. The van der Waals surface area contributed by atoms with Crippen LogP contribution in [0.2, 0.25) is 10.0 Å². The maximum atomic E-state index is 6.20. The molecule has 1 N–H and O–H groups in total. The number of rotatable bonds is 4. The Morgan fingerprint density at radius 1 is 1.27 bits per heavy atom. The minimum atomic E-state index is 0.0466. The normalized spacial score (nSPS) is 11.8. The quantitative estimate of drug-likeness (QED) is 0.850. The van der Waals surface area contributed by atoms with Crippen LogP contribution in [0.25, 0.3) is 0 Å². The van der Waals surface area contributed by atoms with Crippen molar-refractivity contribution in [1.82, 2.24) is 5.32 Å². The number of hydrogen-bond acceptors (Lipinski definition) is 1. The van der Waals surface area contributed by atoms with Crippen LogP contribution in [0.1, 0.15) is 25.8 Å². The second-order valence-electron chi connectivity index (χ2n) is 4.34. The van der Waals surface area contributed by atoms with Crippen molar-refractivity contribution in [2.24, 2.45) is 0 Å². The van der Waals surface area contributed by atoms with Crippen molar-refractivity contribution in [3.8, 4) is 0 Å². The van der Waals surface area contributed by atoms with E-state index in [1.807, 2.05) is 25.2 Å². The molecule has 0 fully saturated rings. The van der Waals surface area contributed by atoms with E-state index in [2.05, 4.69) is 19.2 Å². The smallest absolute Gasteiger partial charge is 0.0629 e. The van der Waals surface area contributed by atoms with Crippen LogP contribution in [0.4, 0.5) is 0 Å². The van der Waals surface area contributed by atoms with Crippen LogP contribution in [0, 0.1) is 0 Å². The van der Waals surface area contributed by atoms with Gasteiger partial charge in [0.05, 0.1) is 10.0 Å². The van der Waals surface area contributed by atoms with Crippen LogP contribution in [0.3, 0.4) is 0 Å². The van der Waals surface area contributed by atoms with Crippen molar-refractivity contribution in [2.45, 2.75) is 25.7 Å². The van der Waals surface area contributed by atoms with Gasteiger partial charge in [-0.15, -0.1) is 0 Å². The molecule has 84 valence electrons. The maximum absolute atomic E-state index is 6.20. The lowest BCUT2D eigenvalue weighted by molar-refractivity contribution is 0.469. The first-order chi connectivity index (χ1) is 6.99. The summed E-state index contributed by atoms with van der Waals surface area (Å²) in [7, 11) is 1.95. The minimum absolute atomic E-state index is 0.0466. The SMILES string of the molecule is CNCCC(C)(C)c1cccc(Cl)c1Cl. The fourth-order valence-electron chi connectivity index (χ4n) is 1.60. The lowest BCUT2D eigenvalue weighted by Gasteiger charge is -2.26. The van der Waals surface area contributed by atoms with Crippen LogP contribution in [-0.4, -0.2) is 13.6 Å². The molecule has 0 radical (unpaired) electrons. The number of halogens is 2. The van der Waals surface area contributed by atoms with E-state index in [1.165, 1.54) is 0 Å². The minimum Gasteiger partial charge on any atom is -0.320 e. The summed E-state index contributed by atoms with van der Waals surface area (Å²) in [5.74, 6) is 0. The molecular formula is C12H17Cl2N. The molecule has 0 unspecified atom stereocenters. The average molecular weight is 246 g/mol. The predicted molar refractivity (Wildman–Crippen MR) is 68.0 cm³/mol. The van der Waals surface area contributed by atoms with Crippen LogP contribution < -0.4 is 5.32 Å². The van der Waals surface area contributed by atoms with Crippen molar-refractivity contribution >= 4 is 23.2 Å². The molecule has 0 aliphatic carbocycles. The fourth-order valence-corrected chi connectivity index (χ4v) is 2.15. The predicted octanol–water partition coefficient (Wildman–Crippen LogP) is 3.88. The highest BCUT2D eigenvalue weighted by Crippen LogP contribution is 2.36. The molecule has 1 aromatic carbocycles. The topological polar surface area (TPSA) is 12.0 Å². The Morgan fingerprint density at radius 3 is 2.53 bits per heavy atom. The molecule has 1 nitrogen and oxygen atoms in total. The highest BCUT2D eigenvalue weighted by atomic mass is 35.5. The molecule has 0 bridgehead atoms. The Balaban J connectivity index is 2.98. The molecule has 0 aromatic heterocycles.